The third-order valence-corrected chi connectivity index (χ3v) is 3.15. The van der Waals surface area contributed by atoms with E-state index in [9.17, 15) is 14.4 Å². The number of carboxylic acids is 1. The predicted octanol–water partition coefficient (Wildman–Crippen LogP) is 0.0818. The first kappa shape index (κ1) is 14.5. The van der Waals surface area contributed by atoms with E-state index in [4.69, 9.17) is 5.11 Å². The number of rotatable bonds is 6. The van der Waals surface area contributed by atoms with E-state index in [0.717, 1.165) is 6.42 Å². The minimum Gasteiger partial charge on any atom is -0.481 e. The topological polar surface area (TPSA) is 86.7 Å². The van der Waals surface area contributed by atoms with Gasteiger partial charge in [0.25, 0.3) is 0 Å². The molecule has 1 atom stereocenters. The van der Waals surface area contributed by atoms with Crippen molar-refractivity contribution < 1.29 is 19.5 Å². The lowest BCUT2D eigenvalue weighted by molar-refractivity contribution is -0.143. The molecule has 1 saturated heterocycles. The lowest BCUT2D eigenvalue weighted by Crippen LogP contribution is -2.41. The monoisotopic (exact) mass is 256 g/mol. The average Bonchev–Trinajstić information content (AvgIpc) is 2.63. The van der Waals surface area contributed by atoms with Gasteiger partial charge >= 0.3 is 5.97 Å². The van der Waals surface area contributed by atoms with Crippen molar-refractivity contribution in [3.8, 4) is 0 Å². The molecule has 1 aliphatic heterocycles. The summed E-state index contributed by atoms with van der Waals surface area (Å²) in [6.07, 6.45) is 1.28. The number of aliphatic carboxylic acids is 1. The van der Waals surface area contributed by atoms with Crippen molar-refractivity contribution in [1.82, 2.24) is 10.2 Å². The van der Waals surface area contributed by atoms with Crippen LogP contribution in [0.15, 0.2) is 0 Å². The normalized spacial score (nSPS) is 17.1. The largest absolute Gasteiger partial charge is 0.481 e. The number of carbonyl (C=O) groups is 3. The minimum absolute atomic E-state index is 0.0104. The van der Waals surface area contributed by atoms with Crippen molar-refractivity contribution in [3.63, 3.8) is 0 Å². The summed E-state index contributed by atoms with van der Waals surface area (Å²) in [4.78, 5) is 35.3. The number of carboxylic acid groups (broad SMARTS) is 1. The van der Waals surface area contributed by atoms with Crippen LogP contribution in [-0.2, 0) is 14.4 Å². The van der Waals surface area contributed by atoms with E-state index in [1.807, 2.05) is 0 Å². The molecule has 0 bridgehead atoms. The molecule has 0 aliphatic carbocycles. The van der Waals surface area contributed by atoms with Crippen LogP contribution in [0.3, 0.4) is 0 Å². The SMILES string of the molecule is CC(C)C(CNC(=O)CN1CCCC1=O)C(=O)O. The summed E-state index contributed by atoms with van der Waals surface area (Å²) >= 11 is 0. The minimum atomic E-state index is -0.914. The van der Waals surface area contributed by atoms with Crippen LogP contribution in [0.5, 0.6) is 0 Å². The fourth-order valence-corrected chi connectivity index (χ4v) is 1.93. The molecule has 0 aromatic heterocycles. The molecule has 1 fully saturated rings. The molecule has 18 heavy (non-hydrogen) atoms. The molecule has 1 unspecified atom stereocenters. The van der Waals surface area contributed by atoms with Crippen molar-refractivity contribution in [1.29, 1.82) is 0 Å². The fourth-order valence-electron chi connectivity index (χ4n) is 1.93. The van der Waals surface area contributed by atoms with Gasteiger partial charge in [-0.1, -0.05) is 13.8 Å². The number of amides is 2. The first-order valence-corrected chi connectivity index (χ1v) is 6.19. The van der Waals surface area contributed by atoms with E-state index in [1.54, 1.807) is 13.8 Å². The highest BCUT2D eigenvalue weighted by atomic mass is 16.4. The fraction of sp³-hybridized carbons (Fsp3) is 0.750. The zero-order valence-corrected chi connectivity index (χ0v) is 10.8. The van der Waals surface area contributed by atoms with Crippen molar-refractivity contribution in [3.05, 3.63) is 0 Å². The Morgan fingerprint density at radius 1 is 1.44 bits per heavy atom. The summed E-state index contributed by atoms with van der Waals surface area (Å²) in [5.74, 6) is -1.86. The van der Waals surface area contributed by atoms with Gasteiger partial charge in [0.2, 0.25) is 11.8 Å². The Labute approximate surface area is 106 Å². The maximum atomic E-state index is 11.6. The standard InChI is InChI=1S/C12H20N2O4/c1-8(2)9(12(17)18)6-13-10(15)7-14-5-3-4-11(14)16/h8-9H,3-7H2,1-2H3,(H,13,15)(H,17,18). The lowest BCUT2D eigenvalue weighted by Gasteiger charge is -2.19. The number of nitrogens with one attached hydrogen (secondary N) is 1. The van der Waals surface area contributed by atoms with Crippen LogP contribution in [0.25, 0.3) is 0 Å². The molecule has 6 heteroatoms. The first-order chi connectivity index (χ1) is 8.41. The van der Waals surface area contributed by atoms with Crippen LogP contribution in [-0.4, -0.2) is 47.4 Å². The van der Waals surface area contributed by atoms with Crippen LogP contribution < -0.4 is 5.32 Å². The van der Waals surface area contributed by atoms with E-state index < -0.39 is 11.9 Å². The Morgan fingerprint density at radius 2 is 2.11 bits per heavy atom. The van der Waals surface area contributed by atoms with Crippen molar-refractivity contribution in [2.45, 2.75) is 26.7 Å². The van der Waals surface area contributed by atoms with E-state index in [1.165, 1.54) is 4.90 Å². The summed E-state index contributed by atoms with van der Waals surface area (Å²) in [7, 11) is 0. The van der Waals surface area contributed by atoms with Gasteiger partial charge in [0.05, 0.1) is 12.5 Å². The molecule has 102 valence electrons. The second-order valence-electron chi connectivity index (χ2n) is 4.91. The Hall–Kier alpha value is -1.59. The van der Waals surface area contributed by atoms with Crippen molar-refractivity contribution >= 4 is 17.8 Å². The molecule has 2 amide bonds. The number of hydrogen-bond donors (Lipinski definition) is 2. The van der Waals surface area contributed by atoms with E-state index in [-0.39, 0.29) is 30.8 Å². The third-order valence-electron chi connectivity index (χ3n) is 3.15. The lowest BCUT2D eigenvalue weighted by atomic mass is 9.96. The molecule has 1 aliphatic rings. The van der Waals surface area contributed by atoms with Crippen LogP contribution in [0.2, 0.25) is 0 Å². The highest BCUT2D eigenvalue weighted by Gasteiger charge is 2.25. The maximum Gasteiger partial charge on any atom is 0.308 e. The van der Waals surface area contributed by atoms with Gasteiger partial charge in [-0.3, -0.25) is 14.4 Å². The molecule has 2 N–H and O–H groups in total. The van der Waals surface area contributed by atoms with Crippen LogP contribution >= 0.6 is 0 Å². The summed E-state index contributed by atoms with van der Waals surface area (Å²) in [6, 6.07) is 0. The number of nitrogens with zero attached hydrogens (tertiary/aromatic N) is 1. The molecule has 1 heterocycles. The zero-order valence-electron chi connectivity index (χ0n) is 10.8. The third kappa shape index (κ3) is 4.01. The van der Waals surface area contributed by atoms with Crippen molar-refractivity contribution in [2.24, 2.45) is 11.8 Å². The number of hydrogen-bond acceptors (Lipinski definition) is 3. The van der Waals surface area contributed by atoms with Gasteiger partial charge in [-0.2, -0.15) is 0 Å². The van der Waals surface area contributed by atoms with Gasteiger partial charge < -0.3 is 15.3 Å². The van der Waals surface area contributed by atoms with Gasteiger partial charge in [-0.25, -0.2) is 0 Å². The van der Waals surface area contributed by atoms with E-state index in [2.05, 4.69) is 5.32 Å². The van der Waals surface area contributed by atoms with Crippen LogP contribution in [0.4, 0.5) is 0 Å². The molecule has 1 rings (SSSR count). The van der Waals surface area contributed by atoms with Gasteiger partial charge in [-0.15, -0.1) is 0 Å². The second-order valence-corrected chi connectivity index (χ2v) is 4.91. The Kier molecular flexibility index (Phi) is 5.12. The quantitative estimate of drug-likeness (QED) is 0.704. The Morgan fingerprint density at radius 3 is 2.56 bits per heavy atom. The first-order valence-electron chi connectivity index (χ1n) is 6.19. The predicted molar refractivity (Wildman–Crippen MR) is 64.8 cm³/mol. The van der Waals surface area contributed by atoms with Gasteiger partial charge in [-0.05, 0) is 12.3 Å². The molecular formula is C12H20N2O4. The number of likely N-dealkylation sites (tertiary alicyclic amines) is 1. The molecule has 0 radical (unpaired) electrons. The smallest absolute Gasteiger partial charge is 0.308 e. The van der Waals surface area contributed by atoms with E-state index >= 15 is 0 Å². The van der Waals surface area contributed by atoms with Gasteiger partial charge in [0.1, 0.15) is 0 Å². The highest BCUT2D eigenvalue weighted by molar-refractivity contribution is 5.86. The Bertz CT molecular complexity index is 341. The summed E-state index contributed by atoms with van der Waals surface area (Å²) in [6.45, 7) is 4.35. The maximum absolute atomic E-state index is 11.6. The molecule has 0 spiro atoms. The Balaban J connectivity index is 2.36. The highest BCUT2D eigenvalue weighted by Crippen LogP contribution is 2.10. The summed E-state index contributed by atoms with van der Waals surface area (Å²) in [5, 5.41) is 11.5. The summed E-state index contributed by atoms with van der Waals surface area (Å²) in [5.41, 5.74) is 0. The number of carbonyl (C=O) groups excluding carboxylic acids is 2. The zero-order chi connectivity index (χ0) is 13.7. The molecule has 0 aromatic rings. The second kappa shape index (κ2) is 6.37. The van der Waals surface area contributed by atoms with Gasteiger partial charge in [0.15, 0.2) is 0 Å². The van der Waals surface area contributed by atoms with Crippen LogP contribution in [0, 0.1) is 11.8 Å². The molecule has 6 nitrogen and oxygen atoms in total. The van der Waals surface area contributed by atoms with Crippen molar-refractivity contribution in [2.75, 3.05) is 19.6 Å². The molecule has 0 saturated carbocycles. The van der Waals surface area contributed by atoms with Gasteiger partial charge in [0, 0.05) is 19.5 Å². The van der Waals surface area contributed by atoms with E-state index in [0.29, 0.717) is 13.0 Å². The summed E-state index contributed by atoms with van der Waals surface area (Å²) < 4.78 is 0. The average molecular weight is 256 g/mol. The molecular weight excluding hydrogens is 236 g/mol. The van der Waals surface area contributed by atoms with Crippen LogP contribution in [0.1, 0.15) is 26.7 Å². The molecule has 0 aromatic carbocycles.